The molecule has 1 saturated heterocycles. The van der Waals surface area contributed by atoms with Gasteiger partial charge >= 0.3 is 6.03 Å². The molecule has 0 saturated carbocycles. The molecule has 0 aliphatic carbocycles. The monoisotopic (exact) mass is 86.0 g/mol. The molecule has 0 aromatic rings. The lowest BCUT2D eigenvalue weighted by Crippen LogP contribution is -1.91. The number of nitrogens with zero attached hydrogens (tertiary/aromatic N) is 2. The van der Waals surface area contributed by atoms with Crippen LogP contribution in [0.25, 0.3) is 0 Å². The fourth-order valence-electron chi connectivity index (χ4n) is 0.292. The maximum atomic E-state index is 10.1. The molecular formula is C3H6N2O. The van der Waals surface area contributed by atoms with Gasteiger partial charge in [-0.2, -0.15) is 0 Å². The third-order valence-electron chi connectivity index (χ3n) is 0.964. The Bertz CT molecular complexity index is 80.8. The van der Waals surface area contributed by atoms with Crippen LogP contribution < -0.4 is 0 Å². The van der Waals surface area contributed by atoms with E-state index in [1.165, 1.54) is 10.0 Å². The summed E-state index contributed by atoms with van der Waals surface area (Å²) in [5.74, 6) is 0. The molecule has 0 aromatic carbocycles. The molecule has 1 rings (SSSR count). The number of hydrazine groups is 1. The van der Waals surface area contributed by atoms with Crippen LogP contribution in [0.2, 0.25) is 0 Å². The summed E-state index contributed by atoms with van der Waals surface area (Å²) in [5, 5.41) is 3.06. The van der Waals surface area contributed by atoms with E-state index < -0.39 is 0 Å². The Labute approximate surface area is 36.1 Å². The largest absolute Gasteiger partial charge is 0.357 e. The molecule has 0 spiro atoms. The molecule has 3 nitrogen and oxygen atoms in total. The second kappa shape index (κ2) is 0.668. The van der Waals surface area contributed by atoms with Gasteiger partial charge in [0.15, 0.2) is 0 Å². The van der Waals surface area contributed by atoms with Crippen LogP contribution in [0.4, 0.5) is 4.79 Å². The third-order valence-corrected chi connectivity index (χ3v) is 0.964. The summed E-state index contributed by atoms with van der Waals surface area (Å²) in [6, 6.07) is 0.0926. The van der Waals surface area contributed by atoms with E-state index >= 15 is 0 Å². The molecule has 6 heavy (non-hydrogen) atoms. The lowest BCUT2D eigenvalue weighted by atomic mass is 11.2. The van der Waals surface area contributed by atoms with Crippen molar-refractivity contribution in [3.05, 3.63) is 0 Å². The number of carbonyl (C=O) groups excluding carboxylic acids is 1. The highest BCUT2D eigenvalue weighted by molar-refractivity contribution is 5.85. The van der Waals surface area contributed by atoms with Crippen molar-refractivity contribution < 1.29 is 4.79 Å². The zero-order valence-corrected chi connectivity index (χ0v) is 3.80. The van der Waals surface area contributed by atoms with Crippen molar-refractivity contribution in [1.82, 2.24) is 10.0 Å². The molecule has 34 valence electrons. The van der Waals surface area contributed by atoms with Gasteiger partial charge in [0.25, 0.3) is 0 Å². The Morgan fingerprint density at radius 2 is 1.50 bits per heavy atom. The Morgan fingerprint density at radius 1 is 1.33 bits per heavy atom. The van der Waals surface area contributed by atoms with Crippen LogP contribution in [-0.2, 0) is 0 Å². The fraction of sp³-hybridized carbons (Fsp3) is 0.667. The number of rotatable bonds is 0. The van der Waals surface area contributed by atoms with Crippen LogP contribution in [0.15, 0.2) is 0 Å². The van der Waals surface area contributed by atoms with Gasteiger partial charge < -0.3 is 0 Å². The summed E-state index contributed by atoms with van der Waals surface area (Å²) in [5.41, 5.74) is 0. The summed E-state index contributed by atoms with van der Waals surface area (Å²) in [6.45, 7) is 0. The molecule has 0 aromatic heterocycles. The van der Waals surface area contributed by atoms with Gasteiger partial charge in [0.05, 0.1) is 0 Å². The van der Waals surface area contributed by atoms with E-state index in [1.54, 1.807) is 14.1 Å². The first-order chi connectivity index (χ1) is 2.73. The maximum absolute atomic E-state index is 10.1. The van der Waals surface area contributed by atoms with Crippen LogP contribution in [0, 0.1) is 0 Å². The Hall–Kier alpha value is -0.730. The number of hydrogen-bond acceptors (Lipinski definition) is 1. The summed E-state index contributed by atoms with van der Waals surface area (Å²) in [6.07, 6.45) is 0. The van der Waals surface area contributed by atoms with Gasteiger partial charge in [-0.1, -0.05) is 0 Å². The Morgan fingerprint density at radius 3 is 1.50 bits per heavy atom. The van der Waals surface area contributed by atoms with Crippen molar-refractivity contribution in [1.29, 1.82) is 0 Å². The maximum Gasteiger partial charge on any atom is 0.357 e. The highest BCUT2D eigenvalue weighted by atomic mass is 16.2. The first-order valence-electron chi connectivity index (χ1n) is 1.75. The van der Waals surface area contributed by atoms with E-state index in [2.05, 4.69) is 0 Å². The third kappa shape index (κ3) is 0.196. The minimum absolute atomic E-state index is 0.0926. The lowest BCUT2D eigenvalue weighted by molar-refractivity contribution is 0.259. The fourth-order valence-corrected chi connectivity index (χ4v) is 0.292. The van der Waals surface area contributed by atoms with Gasteiger partial charge in [0.1, 0.15) is 0 Å². The van der Waals surface area contributed by atoms with E-state index in [0.29, 0.717) is 0 Å². The molecule has 0 radical (unpaired) electrons. The number of urea groups is 1. The van der Waals surface area contributed by atoms with Crippen LogP contribution >= 0.6 is 0 Å². The van der Waals surface area contributed by atoms with Gasteiger partial charge in [0.2, 0.25) is 0 Å². The summed E-state index contributed by atoms with van der Waals surface area (Å²) in [7, 11) is 3.45. The average molecular weight is 86.1 g/mol. The predicted molar refractivity (Wildman–Crippen MR) is 20.9 cm³/mol. The van der Waals surface area contributed by atoms with Crippen molar-refractivity contribution in [2.45, 2.75) is 0 Å². The standard InChI is InChI=1S/C3H6N2O/c1-4-3(6)5(4)2/h1-2H3. The van der Waals surface area contributed by atoms with E-state index in [1.807, 2.05) is 0 Å². The van der Waals surface area contributed by atoms with Gasteiger partial charge in [0, 0.05) is 14.1 Å². The van der Waals surface area contributed by atoms with E-state index in [0.717, 1.165) is 0 Å². The predicted octanol–water partition coefficient (Wildman–Crippen LogP) is -0.101. The molecule has 0 N–H and O–H groups in total. The van der Waals surface area contributed by atoms with Crippen LogP contribution in [0.5, 0.6) is 0 Å². The number of hydrogen-bond donors (Lipinski definition) is 0. The minimum Gasteiger partial charge on any atom is -0.245 e. The first-order valence-corrected chi connectivity index (χ1v) is 1.75. The average Bonchev–Trinajstić information content (AvgIpc) is 1.94. The van der Waals surface area contributed by atoms with Gasteiger partial charge in [-0.3, -0.25) is 0 Å². The summed E-state index contributed by atoms with van der Waals surface area (Å²) < 4.78 is 0. The van der Waals surface area contributed by atoms with Crippen molar-refractivity contribution in [3.8, 4) is 0 Å². The molecule has 2 amide bonds. The quantitative estimate of drug-likeness (QED) is 0.377. The zero-order chi connectivity index (χ0) is 4.73. The number of amides is 2. The normalized spacial score (nSPS) is 19.3. The van der Waals surface area contributed by atoms with Crippen LogP contribution in [0.3, 0.4) is 0 Å². The highest BCUT2D eigenvalue weighted by Crippen LogP contribution is 2.09. The second-order valence-corrected chi connectivity index (χ2v) is 1.33. The van der Waals surface area contributed by atoms with Crippen molar-refractivity contribution >= 4 is 6.03 Å². The number of carbonyl (C=O) groups is 1. The Balaban J connectivity index is 2.51. The summed E-state index contributed by atoms with van der Waals surface area (Å²) >= 11 is 0. The highest BCUT2D eigenvalue weighted by Gasteiger charge is 2.33. The minimum atomic E-state index is 0.0926. The van der Waals surface area contributed by atoms with Crippen molar-refractivity contribution in [2.75, 3.05) is 14.1 Å². The van der Waals surface area contributed by atoms with E-state index in [-0.39, 0.29) is 6.03 Å². The lowest BCUT2D eigenvalue weighted by Gasteiger charge is -1.78. The molecule has 1 aliphatic rings. The molecule has 1 heterocycles. The smallest absolute Gasteiger partial charge is 0.245 e. The zero-order valence-electron chi connectivity index (χ0n) is 3.80. The van der Waals surface area contributed by atoms with Crippen LogP contribution in [0.1, 0.15) is 0 Å². The topological polar surface area (TPSA) is 23.1 Å². The molecule has 0 unspecified atom stereocenters. The Kier molecular flexibility index (Phi) is 0.385. The second-order valence-electron chi connectivity index (χ2n) is 1.33. The SMILES string of the molecule is CN1C(=O)N1C. The van der Waals surface area contributed by atoms with Crippen molar-refractivity contribution in [2.24, 2.45) is 0 Å². The molecular weight excluding hydrogens is 80.0 g/mol. The van der Waals surface area contributed by atoms with Crippen LogP contribution in [-0.4, -0.2) is 30.1 Å². The summed E-state index contributed by atoms with van der Waals surface area (Å²) in [4.78, 5) is 10.1. The van der Waals surface area contributed by atoms with E-state index in [9.17, 15) is 4.79 Å². The van der Waals surface area contributed by atoms with E-state index in [4.69, 9.17) is 0 Å². The van der Waals surface area contributed by atoms with Gasteiger partial charge in [-0.15, -0.1) is 0 Å². The first kappa shape index (κ1) is 3.46. The molecule has 1 fully saturated rings. The van der Waals surface area contributed by atoms with Gasteiger partial charge in [-0.05, 0) is 0 Å². The van der Waals surface area contributed by atoms with Crippen molar-refractivity contribution in [3.63, 3.8) is 0 Å². The molecule has 0 atom stereocenters. The molecule has 0 bridgehead atoms. The van der Waals surface area contributed by atoms with Gasteiger partial charge in [-0.25, -0.2) is 14.8 Å². The molecule has 3 heteroatoms. The molecule has 1 aliphatic heterocycles.